The predicted molar refractivity (Wildman–Crippen MR) is 142 cm³/mol. The Morgan fingerprint density at radius 3 is 2.45 bits per heavy atom. The van der Waals surface area contributed by atoms with Crippen molar-refractivity contribution in [3.63, 3.8) is 0 Å². The van der Waals surface area contributed by atoms with Crippen molar-refractivity contribution in [2.75, 3.05) is 13.1 Å². The van der Waals surface area contributed by atoms with Gasteiger partial charge in [0.1, 0.15) is 11.8 Å². The molecule has 2 N–H and O–H groups in total. The van der Waals surface area contributed by atoms with E-state index in [9.17, 15) is 14.4 Å². The first-order valence-electron chi connectivity index (χ1n) is 13.3. The third kappa shape index (κ3) is 5.69. The highest BCUT2D eigenvalue weighted by molar-refractivity contribution is 6.31. The number of carbonyl (C=O) groups is 3. The monoisotopic (exact) mass is 534 g/mol. The molecule has 0 radical (unpaired) electrons. The van der Waals surface area contributed by atoms with Crippen LogP contribution in [0.4, 0.5) is 0 Å². The minimum absolute atomic E-state index is 0.145. The van der Waals surface area contributed by atoms with Gasteiger partial charge in [0.25, 0.3) is 5.91 Å². The molecule has 0 spiro atoms. The van der Waals surface area contributed by atoms with Gasteiger partial charge in [0.2, 0.25) is 11.8 Å². The first-order chi connectivity index (χ1) is 18.4. The van der Waals surface area contributed by atoms with Gasteiger partial charge in [0.05, 0.1) is 17.7 Å². The van der Waals surface area contributed by atoms with Gasteiger partial charge in [0.15, 0.2) is 0 Å². The molecule has 9 heteroatoms. The third-order valence-corrected chi connectivity index (χ3v) is 8.03. The second-order valence-electron chi connectivity index (χ2n) is 10.3. The number of imide groups is 1. The minimum Gasteiger partial charge on any atom is -0.490 e. The molecule has 3 aliphatic heterocycles. The Morgan fingerprint density at radius 2 is 1.79 bits per heavy atom. The number of carbonyl (C=O) groups excluding carboxylic acids is 3. The standard InChI is InChI=1S/C19H22N2O4.C10H9ClN2/c22-17-9-8-16(18(23)20-17)21-11-12-10-14(6-7-15(12)19(21)24)25-13-4-2-1-3-5-13;11-10-3-7(4-12)1-2-9(10)8-5-13-6-8/h6-7,10,13,16H,1-5,8-9,11H2,(H,20,22,23);1-3,8,13H,5-6H2. The highest BCUT2D eigenvalue weighted by Gasteiger charge is 2.39. The number of hydrogen-bond acceptors (Lipinski definition) is 6. The fourth-order valence-corrected chi connectivity index (χ4v) is 5.77. The van der Waals surface area contributed by atoms with Gasteiger partial charge in [-0.2, -0.15) is 5.26 Å². The molecule has 3 heterocycles. The fraction of sp³-hybridized carbons (Fsp3) is 0.448. The van der Waals surface area contributed by atoms with Crippen LogP contribution < -0.4 is 15.4 Å². The molecule has 3 amide bonds. The van der Waals surface area contributed by atoms with Crippen LogP contribution >= 0.6 is 11.6 Å². The van der Waals surface area contributed by atoms with Crippen LogP contribution in [-0.4, -0.2) is 47.9 Å². The minimum atomic E-state index is -0.569. The number of fused-ring (bicyclic) bond motifs is 1. The van der Waals surface area contributed by atoms with Gasteiger partial charge >= 0.3 is 0 Å². The molecule has 198 valence electrons. The average molecular weight is 535 g/mol. The zero-order valence-corrected chi connectivity index (χ0v) is 21.9. The highest BCUT2D eigenvalue weighted by atomic mass is 35.5. The van der Waals surface area contributed by atoms with Crippen LogP contribution in [0.5, 0.6) is 5.75 Å². The molecule has 8 nitrogen and oxygen atoms in total. The van der Waals surface area contributed by atoms with Gasteiger partial charge in [-0.25, -0.2) is 0 Å². The molecule has 38 heavy (non-hydrogen) atoms. The summed E-state index contributed by atoms with van der Waals surface area (Å²) < 4.78 is 6.08. The van der Waals surface area contributed by atoms with E-state index in [1.165, 1.54) is 19.3 Å². The van der Waals surface area contributed by atoms with Gasteiger partial charge < -0.3 is 15.0 Å². The molecule has 0 aromatic heterocycles. The Balaban J connectivity index is 0.000000190. The summed E-state index contributed by atoms with van der Waals surface area (Å²) in [6, 6.07) is 12.6. The summed E-state index contributed by atoms with van der Waals surface area (Å²) in [4.78, 5) is 37.6. The average Bonchev–Trinajstić information content (AvgIpc) is 3.20. The van der Waals surface area contributed by atoms with Crippen molar-refractivity contribution >= 4 is 29.3 Å². The van der Waals surface area contributed by atoms with Crippen molar-refractivity contribution in [2.45, 2.75) is 69.6 Å². The maximum atomic E-state index is 12.6. The maximum Gasteiger partial charge on any atom is 0.255 e. The zero-order chi connectivity index (χ0) is 26.6. The van der Waals surface area contributed by atoms with Crippen molar-refractivity contribution in [1.29, 1.82) is 5.26 Å². The number of benzene rings is 2. The van der Waals surface area contributed by atoms with E-state index in [-0.39, 0.29) is 30.2 Å². The molecule has 2 aromatic carbocycles. The van der Waals surface area contributed by atoms with Crippen molar-refractivity contribution < 1.29 is 19.1 Å². The number of amides is 3. The number of hydrogen-bond donors (Lipinski definition) is 2. The molecule has 1 aliphatic carbocycles. The number of piperidine rings is 1. The Hall–Kier alpha value is -3.41. The Bertz CT molecular complexity index is 1280. The molecule has 6 rings (SSSR count). The van der Waals surface area contributed by atoms with Crippen LogP contribution in [0.1, 0.15) is 77.9 Å². The molecule has 2 aromatic rings. The van der Waals surface area contributed by atoms with Gasteiger partial charge in [0, 0.05) is 42.6 Å². The largest absolute Gasteiger partial charge is 0.490 e. The normalized spacial score (nSPS) is 21.5. The van der Waals surface area contributed by atoms with E-state index in [0.29, 0.717) is 35.0 Å². The summed E-state index contributed by atoms with van der Waals surface area (Å²) in [6.07, 6.45) is 6.77. The van der Waals surface area contributed by atoms with Crippen LogP contribution in [0.25, 0.3) is 0 Å². The van der Waals surface area contributed by atoms with Crippen LogP contribution in [0.2, 0.25) is 5.02 Å². The first-order valence-corrected chi connectivity index (χ1v) is 13.6. The third-order valence-electron chi connectivity index (χ3n) is 7.70. The molecule has 1 atom stereocenters. The van der Waals surface area contributed by atoms with Gasteiger partial charge in [-0.05, 0) is 73.6 Å². The quantitative estimate of drug-likeness (QED) is 0.572. The summed E-state index contributed by atoms with van der Waals surface area (Å²) in [5, 5.41) is 14.9. The van der Waals surface area contributed by atoms with Crippen LogP contribution in [-0.2, 0) is 16.1 Å². The summed E-state index contributed by atoms with van der Waals surface area (Å²) >= 11 is 6.04. The van der Waals surface area contributed by atoms with E-state index < -0.39 is 6.04 Å². The van der Waals surface area contributed by atoms with E-state index >= 15 is 0 Å². The van der Waals surface area contributed by atoms with Crippen molar-refractivity contribution in [2.24, 2.45) is 0 Å². The fourth-order valence-electron chi connectivity index (χ4n) is 5.44. The number of nitrogens with zero attached hydrogens (tertiary/aromatic N) is 2. The molecular formula is C29H31ClN4O4. The molecule has 2 saturated heterocycles. The summed E-state index contributed by atoms with van der Waals surface area (Å²) in [6.45, 7) is 2.37. The summed E-state index contributed by atoms with van der Waals surface area (Å²) in [5.74, 6) is 0.530. The number of nitriles is 1. The highest BCUT2D eigenvalue weighted by Crippen LogP contribution is 2.32. The Morgan fingerprint density at radius 1 is 1.00 bits per heavy atom. The lowest BCUT2D eigenvalue weighted by Gasteiger charge is -2.29. The lowest BCUT2D eigenvalue weighted by Crippen LogP contribution is -2.52. The molecule has 4 aliphatic rings. The Labute approximate surface area is 227 Å². The topological polar surface area (TPSA) is 112 Å². The van der Waals surface area contributed by atoms with E-state index in [0.717, 1.165) is 42.8 Å². The SMILES string of the molecule is N#Cc1ccc(C2CNC2)c(Cl)c1.O=C1CCC(N2Cc3cc(OC4CCCCC4)ccc3C2=O)C(=O)N1. The number of ether oxygens (including phenoxy) is 1. The molecule has 1 saturated carbocycles. The molecule has 3 fully saturated rings. The van der Waals surface area contributed by atoms with Crippen LogP contribution in [0.3, 0.4) is 0 Å². The van der Waals surface area contributed by atoms with Crippen molar-refractivity contribution in [1.82, 2.24) is 15.5 Å². The van der Waals surface area contributed by atoms with E-state index in [4.69, 9.17) is 21.6 Å². The van der Waals surface area contributed by atoms with Crippen molar-refractivity contribution in [3.8, 4) is 11.8 Å². The predicted octanol–water partition coefficient (Wildman–Crippen LogP) is 4.06. The van der Waals surface area contributed by atoms with Crippen molar-refractivity contribution in [3.05, 3.63) is 63.7 Å². The van der Waals surface area contributed by atoms with E-state index in [1.807, 2.05) is 24.3 Å². The zero-order valence-electron chi connectivity index (χ0n) is 21.2. The van der Waals surface area contributed by atoms with E-state index in [2.05, 4.69) is 16.7 Å². The lowest BCUT2D eigenvalue weighted by molar-refractivity contribution is -0.136. The van der Waals surface area contributed by atoms with Gasteiger partial charge in [-0.3, -0.25) is 19.7 Å². The lowest BCUT2D eigenvalue weighted by atomic mass is 9.93. The second kappa shape index (κ2) is 11.5. The second-order valence-corrected chi connectivity index (χ2v) is 10.7. The molecule has 1 unspecified atom stereocenters. The van der Waals surface area contributed by atoms with Gasteiger partial charge in [-0.15, -0.1) is 0 Å². The van der Waals surface area contributed by atoms with Crippen LogP contribution in [0.15, 0.2) is 36.4 Å². The smallest absolute Gasteiger partial charge is 0.255 e. The number of halogens is 1. The maximum absolute atomic E-state index is 12.6. The molecule has 0 bridgehead atoms. The Kier molecular flexibility index (Phi) is 7.96. The van der Waals surface area contributed by atoms with Gasteiger partial charge in [-0.1, -0.05) is 24.1 Å². The van der Waals surface area contributed by atoms with Crippen LogP contribution in [0, 0.1) is 11.3 Å². The van der Waals surface area contributed by atoms with E-state index in [1.54, 1.807) is 17.0 Å². The summed E-state index contributed by atoms with van der Waals surface area (Å²) in [5.41, 5.74) is 3.30. The first kappa shape index (κ1) is 26.2. The summed E-state index contributed by atoms with van der Waals surface area (Å²) in [7, 11) is 0. The number of rotatable bonds is 4. The molecular weight excluding hydrogens is 504 g/mol. The number of nitrogens with one attached hydrogen (secondary N) is 2.